The van der Waals surface area contributed by atoms with E-state index in [-0.39, 0.29) is 23.9 Å². The number of nitrogens with zero attached hydrogens (tertiary/aromatic N) is 2. The summed E-state index contributed by atoms with van der Waals surface area (Å²) in [6, 6.07) is 0. The van der Waals surface area contributed by atoms with Crippen LogP contribution in [-0.4, -0.2) is 38.8 Å². The Kier molecular flexibility index (Phi) is 2.82. The van der Waals surface area contributed by atoms with Crippen LogP contribution in [0.3, 0.4) is 0 Å². The average Bonchev–Trinajstić information content (AvgIpc) is 1.86. The van der Waals surface area contributed by atoms with Gasteiger partial charge in [0.1, 0.15) is 6.33 Å². The molecule has 0 unspecified atom stereocenters. The predicted molar refractivity (Wildman–Crippen MR) is 28.0 cm³/mol. The first-order valence-corrected chi connectivity index (χ1v) is 1.57. The zero-order chi connectivity index (χ0) is 4.41. The summed E-state index contributed by atoms with van der Waals surface area (Å²) in [7, 11) is 0. The van der Waals surface area contributed by atoms with Crippen molar-refractivity contribution in [2.45, 2.75) is 0 Å². The van der Waals surface area contributed by atoms with Crippen LogP contribution in [0.1, 0.15) is 0 Å². The van der Waals surface area contributed by atoms with E-state index in [2.05, 4.69) is 4.98 Å². The van der Waals surface area contributed by atoms with Crippen LogP contribution in [0.4, 0.5) is 0 Å². The minimum atomic E-state index is 0. The Bertz CT molecular complexity index is 116. The van der Waals surface area contributed by atoms with Crippen LogP contribution >= 0.6 is 0 Å². The first-order chi connectivity index (χ1) is 2.89. The first kappa shape index (κ1) is 6.81. The first-order valence-electron chi connectivity index (χ1n) is 1.57. The van der Waals surface area contributed by atoms with E-state index in [1.807, 2.05) is 0 Å². The summed E-state index contributed by atoms with van der Waals surface area (Å²) >= 11 is 0. The fourth-order valence-electron chi connectivity index (χ4n) is 0.252. The molecule has 0 spiro atoms. The summed E-state index contributed by atoms with van der Waals surface area (Å²) in [4.78, 5) is 3.53. The van der Waals surface area contributed by atoms with Crippen molar-refractivity contribution in [3.05, 3.63) is 18.7 Å². The third-order valence-electron chi connectivity index (χ3n) is 0.490. The van der Waals surface area contributed by atoms with Crippen LogP contribution < -0.4 is 0 Å². The zero-order valence-electron chi connectivity index (χ0n) is 3.78. The molecule has 4 heteroatoms. The summed E-state index contributed by atoms with van der Waals surface area (Å²) in [5.41, 5.74) is 0. The fourth-order valence-corrected chi connectivity index (χ4v) is 0.252. The quantitative estimate of drug-likeness (QED) is 0.444. The Balaban J connectivity index is 0.000000360. The predicted octanol–water partition coefficient (Wildman–Crippen LogP) is -0.796. The van der Waals surface area contributed by atoms with Crippen LogP contribution in [0, 0.1) is 0 Å². The second-order valence-electron chi connectivity index (χ2n) is 0.943. The van der Waals surface area contributed by atoms with Gasteiger partial charge in [0.05, 0.1) is 6.20 Å². The van der Waals surface area contributed by atoms with E-state index in [9.17, 15) is 0 Å². The molecule has 0 atom stereocenters. The summed E-state index contributed by atoms with van der Waals surface area (Å²) in [5.74, 6) is 0. The molecule has 0 saturated heterocycles. The topological polar surface area (TPSA) is 38.0 Å². The normalized spacial score (nSPS) is 7.43. The van der Waals surface area contributed by atoms with Gasteiger partial charge in [-0.15, -0.1) is 0 Å². The molecule has 0 aliphatic carbocycles. The van der Waals surface area contributed by atoms with Crippen molar-refractivity contribution in [2.75, 3.05) is 0 Å². The van der Waals surface area contributed by atoms with Gasteiger partial charge in [-0.2, -0.15) is 4.73 Å². The van der Waals surface area contributed by atoms with Crippen LogP contribution in [0.5, 0.6) is 0 Å². The number of rotatable bonds is 0. The Hall–Kier alpha value is -0.191. The molecule has 38 valence electrons. The van der Waals surface area contributed by atoms with Gasteiger partial charge in [-0.05, 0) is 0 Å². The Morgan fingerprint density at radius 2 is 2.29 bits per heavy atom. The van der Waals surface area contributed by atoms with Gasteiger partial charge in [0.15, 0.2) is 0 Å². The van der Waals surface area contributed by atoms with E-state index in [4.69, 9.17) is 5.21 Å². The maximum atomic E-state index is 8.33. The molecule has 1 heterocycles. The Labute approximate surface area is 57.9 Å². The van der Waals surface area contributed by atoms with E-state index in [1.54, 1.807) is 0 Å². The molecule has 0 aliphatic heterocycles. The monoisotopic (exact) mass is 206 g/mol. The minimum absolute atomic E-state index is 0. The molecule has 0 amide bonds. The van der Waals surface area contributed by atoms with Gasteiger partial charge in [0, 0.05) is 6.20 Å². The molecule has 0 bridgehead atoms. The summed E-state index contributed by atoms with van der Waals surface area (Å²) < 4.78 is 0.889. The van der Waals surface area contributed by atoms with Gasteiger partial charge < -0.3 is 5.21 Å². The van der Waals surface area contributed by atoms with Crippen molar-refractivity contribution in [3.63, 3.8) is 0 Å². The Morgan fingerprint density at radius 1 is 1.57 bits per heavy atom. The molecule has 1 aromatic heterocycles. The Morgan fingerprint density at radius 3 is 2.43 bits per heavy atom. The zero-order valence-corrected chi connectivity index (χ0v) is 7.82. The van der Waals surface area contributed by atoms with E-state index in [0.717, 1.165) is 4.73 Å². The molecule has 7 heavy (non-hydrogen) atoms. The van der Waals surface area contributed by atoms with Crippen molar-refractivity contribution in [1.82, 2.24) is 9.71 Å². The van der Waals surface area contributed by atoms with Gasteiger partial charge in [0.25, 0.3) is 0 Å². The van der Waals surface area contributed by atoms with Gasteiger partial charge in [-0.3, -0.25) is 0 Å². The molecule has 2 radical (unpaired) electrons. The van der Waals surface area contributed by atoms with Crippen LogP contribution in [0.2, 0.25) is 0 Å². The number of hydrogen-bond donors (Lipinski definition) is 1. The fraction of sp³-hybridized carbons (Fsp3) is 0. The molecule has 1 aromatic rings. The number of aromatic nitrogens is 2. The molecule has 0 aromatic carbocycles. The second kappa shape index (κ2) is 2.90. The molecule has 1 rings (SSSR count). The van der Waals surface area contributed by atoms with E-state index < -0.39 is 0 Å². The van der Waals surface area contributed by atoms with Gasteiger partial charge in [-0.25, -0.2) is 4.98 Å². The molecule has 0 fully saturated rings. The van der Waals surface area contributed by atoms with Gasteiger partial charge in [-0.1, -0.05) is 0 Å². The third-order valence-corrected chi connectivity index (χ3v) is 0.490. The second-order valence-corrected chi connectivity index (χ2v) is 0.943. The molecule has 3 nitrogen and oxygen atoms in total. The third kappa shape index (κ3) is 1.82. The van der Waals surface area contributed by atoms with E-state index >= 15 is 0 Å². The van der Waals surface area contributed by atoms with Crippen molar-refractivity contribution in [3.8, 4) is 0 Å². The molecular formula is C3H6N2OSn. The number of imidazole rings is 1. The van der Waals surface area contributed by atoms with Crippen LogP contribution in [-0.2, 0) is 0 Å². The van der Waals surface area contributed by atoms with Gasteiger partial charge >= 0.3 is 23.9 Å². The summed E-state index contributed by atoms with van der Waals surface area (Å²) in [6.07, 6.45) is 4.25. The number of hydrogen-bond acceptors (Lipinski definition) is 2. The molecule has 0 saturated carbocycles. The molecule has 1 N–H and O–H groups in total. The SMILES string of the molecule is On1ccnc1.[SnH2]. The van der Waals surface area contributed by atoms with Crippen LogP contribution in [0.25, 0.3) is 0 Å². The van der Waals surface area contributed by atoms with Crippen LogP contribution in [0.15, 0.2) is 18.7 Å². The van der Waals surface area contributed by atoms with E-state index in [1.165, 1.54) is 18.7 Å². The van der Waals surface area contributed by atoms with E-state index in [0.29, 0.717) is 0 Å². The standard InChI is InChI=1S/C3H4N2O.Sn.2H/c6-5-2-1-4-3-5;;;/h1-3,6H;;;. The van der Waals surface area contributed by atoms with Crippen molar-refractivity contribution < 1.29 is 5.21 Å². The van der Waals surface area contributed by atoms with Crippen molar-refractivity contribution in [1.29, 1.82) is 0 Å². The maximum absolute atomic E-state index is 8.33. The molecule has 0 aliphatic rings. The van der Waals surface area contributed by atoms with Crippen molar-refractivity contribution in [2.24, 2.45) is 0 Å². The molecular weight excluding hydrogens is 199 g/mol. The average molecular weight is 205 g/mol. The summed E-state index contributed by atoms with van der Waals surface area (Å²) in [6.45, 7) is 0. The summed E-state index contributed by atoms with van der Waals surface area (Å²) in [5, 5.41) is 8.33. The van der Waals surface area contributed by atoms with Gasteiger partial charge in [0.2, 0.25) is 0 Å². The van der Waals surface area contributed by atoms with Crippen molar-refractivity contribution >= 4 is 23.9 Å².